The van der Waals surface area contributed by atoms with Crippen LogP contribution < -0.4 is 63.9 Å². The number of phenols is 1. The van der Waals surface area contributed by atoms with Crippen LogP contribution in [0, 0.1) is 23.7 Å². The second-order valence-electron chi connectivity index (χ2n) is 5.71. The maximum Gasteiger partial charge on any atom is 1.00 e. The fourth-order valence-electron chi connectivity index (χ4n) is 1.78. The molecule has 0 aliphatic carbocycles. The van der Waals surface area contributed by atoms with E-state index >= 15 is 0 Å². The number of ether oxygens (including phenoxy) is 1. The average molecular weight is 605 g/mol. The van der Waals surface area contributed by atoms with E-state index in [1.54, 1.807) is 0 Å². The zero-order valence-electron chi connectivity index (χ0n) is 19.9. The van der Waals surface area contributed by atoms with E-state index in [0.717, 1.165) is 42.4 Å². The average Bonchev–Trinajstić information content (AvgIpc) is 2.75. The van der Waals surface area contributed by atoms with Crippen LogP contribution in [0.5, 0.6) is 11.5 Å². The van der Waals surface area contributed by atoms with Gasteiger partial charge < -0.3 is 18.9 Å². The Balaban J connectivity index is -0.000000471. The van der Waals surface area contributed by atoms with Gasteiger partial charge in [-0.3, -0.25) is 0 Å². The smallest absolute Gasteiger partial charge is 0.744 e. The molecule has 180 valence electrons. The number of hydrogen-bond donors (Lipinski definition) is 1. The van der Waals surface area contributed by atoms with Crippen LogP contribution in [0.15, 0.2) is 58.3 Å². The molecule has 2 rings (SSSR count). The SMILES string of the molecule is CCC#CCBr.CCC#CCOc1ccc(S(=O)(=O)[O-])cc1.O=S(=O)([O-])c1ccc(O)cc1.[Na+].[Na+]. The molecule has 0 radical (unpaired) electrons. The van der Waals surface area contributed by atoms with Gasteiger partial charge in [-0.1, -0.05) is 41.6 Å². The fourth-order valence-corrected chi connectivity index (χ4v) is 2.92. The van der Waals surface area contributed by atoms with E-state index in [-0.39, 0.29) is 81.3 Å². The molecule has 13 heteroatoms. The van der Waals surface area contributed by atoms with E-state index in [1.165, 1.54) is 24.3 Å². The largest absolute Gasteiger partial charge is 1.00 e. The van der Waals surface area contributed by atoms with Crippen LogP contribution in [0.2, 0.25) is 0 Å². The minimum absolute atomic E-state index is 0. The number of halogens is 1. The van der Waals surface area contributed by atoms with Gasteiger partial charge in [0, 0.05) is 12.8 Å². The summed E-state index contributed by atoms with van der Waals surface area (Å²) >= 11 is 3.18. The van der Waals surface area contributed by atoms with E-state index in [2.05, 4.69) is 39.6 Å². The Morgan fingerprint density at radius 3 is 1.51 bits per heavy atom. The third-order valence-electron chi connectivity index (χ3n) is 3.22. The molecule has 0 aliphatic rings. The molecule has 0 aromatic heterocycles. The zero-order chi connectivity index (χ0) is 25.3. The van der Waals surface area contributed by atoms with Gasteiger partial charge in [-0.15, -0.1) is 11.8 Å². The first-order valence-corrected chi connectivity index (χ1v) is 13.3. The minimum Gasteiger partial charge on any atom is -0.744 e. The van der Waals surface area contributed by atoms with Crippen LogP contribution >= 0.6 is 15.9 Å². The normalized spacial score (nSPS) is 9.40. The van der Waals surface area contributed by atoms with E-state index in [9.17, 15) is 25.9 Å². The number of alkyl halides is 1. The second kappa shape index (κ2) is 21.5. The van der Waals surface area contributed by atoms with Gasteiger partial charge >= 0.3 is 59.1 Å². The van der Waals surface area contributed by atoms with Crippen LogP contribution in [-0.4, -0.2) is 43.0 Å². The summed E-state index contributed by atoms with van der Waals surface area (Å²) in [7, 11) is -8.76. The van der Waals surface area contributed by atoms with Crippen molar-refractivity contribution in [1.29, 1.82) is 0 Å². The standard InChI is InChI=1S/C11H12O4S.C6H6O4S.C5H7Br.2Na/c1-2-3-4-9-15-10-5-7-11(8-6-10)16(12,13)14;7-5-1-3-6(4-2-5)11(8,9)10;1-2-3-4-5-6;;/h5-8H,2,9H2,1H3,(H,12,13,14);1-4,7H,(H,8,9,10);2,5H2,1H3;;/q;;;2*+1/p-2. The zero-order valence-corrected chi connectivity index (χ0v) is 27.2. The molecule has 0 spiro atoms. The van der Waals surface area contributed by atoms with Gasteiger partial charge in [0.1, 0.15) is 38.3 Å². The van der Waals surface area contributed by atoms with Crippen LogP contribution in [0.25, 0.3) is 0 Å². The molecule has 8 nitrogen and oxygen atoms in total. The third kappa shape index (κ3) is 20.2. The predicted molar refractivity (Wildman–Crippen MR) is 126 cm³/mol. The van der Waals surface area contributed by atoms with Crippen molar-refractivity contribution >= 4 is 36.2 Å². The van der Waals surface area contributed by atoms with Crippen molar-refractivity contribution in [3.63, 3.8) is 0 Å². The summed E-state index contributed by atoms with van der Waals surface area (Å²) in [5, 5.41) is 9.53. The predicted octanol–water partition coefficient (Wildman–Crippen LogP) is -2.52. The molecule has 0 heterocycles. The molecular formula is C22H23BrNa2O8S2. The molecule has 0 amide bonds. The minimum atomic E-state index is -4.38. The number of aromatic hydroxyl groups is 1. The van der Waals surface area contributed by atoms with E-state index in [1.807, 2.05) is 13.8 Å². The summed E-state index contributed by atoms with van der Waals surface area (Å²) in [6.45, 7) is 4.22. The van der Waals surface area contributed by atoms with Crippen molar-refractivity contribution in [2.24, 2.45) is 0 Å². The van der Waals surface area contributed by atoms with Crippen molar-refractivity contribution in [3.8, 4) is 35.2 Å². The first kappa shape index (κ1) is 39.0. The molecule has 0 fully saturated rings. The summed E-state index contributed by atoms with van der Waals surface area (Å²) in [5.41, 5.74) is 0. The van der Waals surface area contributed by atoms with Crippen LogP contribution in [-0.2, 0) is 20.2 Å². The molecule has 0 aliphatic heterocycles. The van der Waals surface area contributed by atoms with Crippen LogP contribution in [0.1, 0.15) is 26.7 Å². The van der Waals surface area contributed by atoms with Crippen molar-refractivity contribution < 1.29 is 94.9 Å². The third-order valence-corrected chi connectivity index (χ3v) is 5.20. The summed E-state index contributed by atoms with van der Waals surface area (Å²) in [4.78, 5) is -0.602. The van der Waals surface area contributed by atoms with Gasteiger partial charge in [0.05, 0.1) is 15.1 Å². The Labute approximate surface area is 260 Å². The Hall–Kier alpha value is -0.540. The van der Waals surface area contributed by atoms with Crippen molar-refractivity contribution in [2.75, 3.05) is 11.9 Å². The molecule has 1 N–H and O–H groups in total. The van der Waals surface area contributed by atoms with Crippen molar-refractivity contribution in [1.82, 2.24) is 0 Å². The molecular weight excluding hydrogens is 582 g/mol. The van der Waals surface area contributed by atoms with Crippen molar-refractivity contribution in [2.45, 2.75) is 36.5 Å². The molecule has 0 bridgehead atoms. The maximum absolute atomic E-state index is 10.6. The summed E-state index contributed by atoms with van der Waals surface area (Å²) in [6.07, 6.45) is 1.72. The topological polar surface area (TPSA) is 144 Å². The maximum atomic E-state index is 10.6. The summed E-state index contributed by atoms with van der Waals surface area (Å²) in [5.74, 6) is 11.8. The first-order chi connectivity index (χ1) is 15.5. The molecule has 2 aromatic rings. The van der Waals surface area contributed by atoms with Gasteiger partial charge in [-0.25, -0.2) is 16.8 Å². The number of phenolic OH excluding ortho intramolecular Hbond substituents is 1. The number of hydrogen-bond acceptors (Lipinski definition) is 8. The summed E-state index contributed by atoms with van der Waals surface area (Å²) in [6, 6.07) is 9.68. The molecule has 0 saturated carbocycles. The Bertz CT molecular complexity index is 1170. The van der Waals surface area contributed by atoms with Gasteiger partial charge in [-0.05, 0) is 48.5 Å². The molecule has 2 aromatic carbocycles. The number of benzene rings is 2. The Kier molecular flexibility index (Phi) is 24.0. The van der Waals surface area contributed by atoms with Crippen LogP contribution in [0.4, 0.5) is 0 Å². The Morgan fingerprint density at radius 1 is 0.771 bits per heavy atom. The fraction of sp³-hybridized carbons (Fsp3) is 0.273. The Morgan fingerprint density at radius 2 is 1.17 bits per heavy atom. The van der Waals surface area contributed by atoms with Gasteiger partial charge in [0.25, 0.3) is 0 Å². The molecule has 0 unspecified atom stereocenters. The molecule has 0 atom stereocenters. The van der Waals surface area contributed by atoms with E-state index < -0.39 is 20.2 Å². The van der Waals surface area contributed by atoms with Crippen LogP contribution in [0.3, 0.4) is 0 Å². The summed E-state index contributed by atoms with van der Waals surface area (Å²) < 4.78 is 68.0. The quantitative estimate of drug-likeness (QED) is 0.174. The van der Waals surface area contributed by atoms with E-state index in [0.29, 0.717) is 5.75 Å². The first-order valence-electron chi connectivity index (χ1n) is 9.36. The second-order valence-corrected chi connectivity index (χ2v) is 9.03. The van der Waals surface area contributed by atoms with E-state index in [4.69, 9.17) is 9.84 Å². The number of rotatable bonds is 4. The van der Waals surface area contributed by atoms with Gasteiger partial charge in [-0.2, -0.15) is 0 Å². The van der Waals surface area contributed by atoms with Gasteiger partial charge in [0.15, 0.2) is 0 Å². The molecule has 35 heavy (non-hydrogen) atoms. The molecule has 0 saturated heterocycles. The van der Waals surface area contributed by atoms with Gasteiger partial charge in [0.2, 0.25) is 0 Å². The monoisotopic (exact) mass is 604 g/mol. The van der Waals surface area contributed by atoms with Crippen molar-refractivity contribution in [3.05, 3.63) is 48.5 Å².